The lowest BCUT2D eigenvalue weighted by molar-refractivity contribution is -0.131. The lowest BCUT2D eigenvalue weighted by Gasteiger charge is -2.05. The quantitative estimate of drug-likeness (QED) is 0.845. The Labute approximate surface area is 105 Å². The van der Waals surface area contributed by atoms with Crippen LogP contribution in [0.2, 0.25) is 0 Å². The highest BCUT2D eigenvalue weighted by atomic mass is 16.5. The maximum Gasteiger partial charge on any atom is 0.328 e. The summed E-state index contributed by atoms with van der Waals surface area (Å²) in [6.07, 6.45) is 2.75. The first kappa shape index (κ1) is 12.2. The number of para-hydroxylation sites is 1. The fourth-order valence-electron chi connectivity index (χ4n) is 2.23. The van der Waals surface area contributed by atoms with Gasteiger partial charge in [0, 0.05) is 24.2 Å². The van der Waals surface area contributed by atoms with Gasteiger partial charge in [0.25, 0.3) is 0 Å². The smallest absolute Gasteiger partial charge is 0.328 e. The second kappa shape index (κ2) is 4.56. The van der Waals surface area contributed by atoms with Crippen LogP contribution in [-0.4, -0.2) is 22.8 Å². The van der Waals surface area contributed by atoms with Crippen molar-refractivity contribution in [1.82, 2.24) is 4.57 Å². The molecule has 0 radical (unpaired) electrons. The van der Waals surface area contributed by atoms with Crippen molar-refractivity contribution in [2.24, 2.45) is 7.05 Å². The highest BCUT2D eigenvalue weighted by Gasteiger charge is 2.13. The fraction of sp³-hybridized carbons (Fsp3) is 0.214. The first-order chi connectivity index (χ1) is 8.56. The molecule has 2 rings (SSSR count). The number of fused-ring (bicyclic) bond motifs is 1. The lowest BCUT2D eigenvalue weighted by Crippen LogP contribution is -1.95. The van der Waals surface area contributed by atoms with Gasteiger partial charge in [-0.3, -0.25) is 0 Å². The molecule has 0 atom stereocenters. The molecule has 4 nitrogen and oxygen atoms in total. The van der Waals surface area contributed by atoms with Gasteiger partial charge in [0.2, 0.25) is 0 Å². The highest BCUT2D eigenvalue weighted by Crippen LogP contribution is 2.32. The van der Waals surface area contributed by atoms with Gasteiger partial charge < -0.3 is 14.4 Å². The summed E-state index contributed by atoms with van der Waals surface area (Å²) in [5.74, 6) is -0.167. The molecule has 0 fully saturated rings. The maximum absolute atomic E-state index is 10.6. The Morgan fingerprint density at radius 3 is 2.78 bits per heavy atom. The van der Waals surface area contributed by atoms with E-state index in [1.807, 2.05) is 36.7 Å². The fourth-order valence-corrected chi connectivity index (χ4v) is 2.23. The van der Waals surface area contributed by atoms with Crippen LogP contribution in [0.15, 0.2) is 24.3 Å². The molecule has 0 amide bonds. The molecule has 18 heavy (non-hydrogen) atoms. The number of carboxylic acid groups (broad SMARTS) is 1. The zero-order valence-corrected chi connectivity index (χ0v) is 10.6. The molecular formula is C14H15NO3. The third-order valence-corrected chi connectivity index (χ3v) is 3.09. The summed E-state index contributed by atoms with van der Waals surface area (Å²) >= 11 is 0. The summed E-state index contributed by atoms with van der Waals surface area (Å²) < 4.78 is 7.29. The number of nitrogens with zero attached hydrogens (tertiary/aromatic N) is 1. The van der Waals surface area contributed by atoms with E-state index < -0.39 is 5.97 Å². The maximum atomic E-state index is 10.6. The standard InChI is InChI=1S/C14H15NO3/c1-9-10-5-4-6-12(18-3)14(10)15(2)11(9)7-8-13(16)17/h4-8H,1-3H3,(H,16,17)/b8-7+. The van der Waals surface area contributed by atoms with Crippen LogP contribution >= 0.6 is 0 Å². The van der Waals surface area contributed by atoms with Crippen molar-refractivity contribution in [1.29, 1.82) is 0 Å². The van der Waals surface area contributed by atoms with Gasteiger partial charge in [-0.2, -0.15) is 0 Å². The third kappa shape index (κ3) is 1.86. The van der Waals surface area contributed by atoms with Gasteiger partial charge in [0.1, 0.15) is 5.75 Å². The van der Waals surface area contributed by atoms with Crippen molar-refractivity contribution in [3.05, 3.63) is 35.5 Å². The van der Waals surface area contributed by atoms with E-state index in [0.717, 1.165) is 34.0 Å². The minimum atomic E-state index is -0.952. The van der Waals surface area contributed by atoms with Crippen molar-refractivity contribution in [2.75, 3.05) is 7.11 Å². The van der Waals surface area contributed by atoms with Crippen molar-refractivity contribution >= 4 is 22.9 Å². The number of aliphatic carboxylic acids is 1. The molecule has 1 heterocycles. The summed E-state index contributed by atoms with van der Waals surface area (Å²) in [5.41, 5.74) is 2.89. The van der Waals surface area contributed by atoms with Crippen molar-refractivity contribution in [3.8, 4) is 5.75 Å². The van der Waals surface area contributed by atoms with Crippen LogP contribution in [-0.2, 0) is 11.8 Å². The van der Waals surface area contributed by atoms with E-state index in [0.29, 0.717) is 0 Å². The van der Waals surface area contributed by atoms with Gasteiger partial charge in [-0.1, -0.05) is 12.1 Å². The van der Waals surface area contributed by atoms with Gasteiger partial charge in [0.15, 0.2) is 0 Å². The Morgan fingerprint density at radius 2 is 2.17 bits per heavy atom. The monoisotopic (exact) mass is 245 g/mol. The van der Waals surface area contributed by atoms with E-state index in [1.54, 1.807) is 13.2 Å². The van der Waals surface area contributed by atoms with Crippen LogP contribution in [0.4, 0.5) is 0 Å². The SMILES string of the molecule is COc1cccc2c(C)c(/C=C/C(=O)O)n(C)c12. The number of hydrogen-bond donors (Lipinski definition) is 1. The Kier molecular flexibility index (Phi) is 3.10. The van der Waals surface area contributed by atoms with Crippen LogP contribution < -0.4 is 4.74 Å². The number of rotatable bonds is 3. The van der Waals surface area contributed by atoms with Crippen molar-refractivity contribution in [3.63, 3.8) is 0 Å². The summed E-state index contributed by atoms with van der Waals surface area (Å²) in [6, 6.07) is 5.83. The topological polar surface area (TPSA) is 51.5 Å². The van der Waals surface area contributed by atoms with E-state index in [1.165, 1.54) is 0 Å². The Morgan fingerprint density at radius 1 is 1.44 bits per heavy atom. The molecule has 1 N–H and O–H groups in total. The molecule has 4 heteroatoms. The average molecular weight is 245 g/mol. The highest BCUT2D eigenvalue weighted by molar-refractivity contribution is 5.94. The van der Waals surface area contributed by atoms with E-state index in [9.17, 15) is 4.79 Å². The first-order valence-electron chi connectivity index (χ1n) is 5.59. The molecule has 0 saturated heterocycles. The molecule has 94 valence electrons. The second-order valence-corrected chi connectivity index (χ2v) is 4.10. The Balaban J connectivity index is 2.73. The van der Waals surface area contributed by atoms with Gasteiger partial charge in [-0.15, -0.1) is 0 Å². The molecule has 1 aromatic carbocycles. The average Bonchev–Trinajstić information content (AvgIpc) is 2.60. The lowest BCUT2D eigenvalue weighted by atomic mass is 10.1. The van der Waals surface area contributed by atoms with E-state index in [-0.39, 0.29) is 0 Å². The molecule has 0 aliphatic heterocycles. The normalized spacial score (nSPS) is 11.3. The summed E-state index contributed by atoms with van der Waals surface area (Å²) in [7, 11) is 3.53. The third-order valence-electron chi connectivity index (χ3n) is 3.09. The molecular weight excluding hydrogens is 230 g/mol. The number of aromatic nitrogens is 1. The minimum absolute atomic E-state index is 0.785. The summed E-state index contributed by atoms with van der Waals surface area (Å²) in [6.45, 7) is 1.98. The van der Waals surface area contributed by atoms with Crippen LogP contribution in [0.5, 0.6) is 5.75 Å². The predicted octanol–water partition coefficient (Wildman–Crippen LogP) is 2.59. The van der Waals surface area contributed by atoms with E-state index in [2.05, 4.69) is 0 Å². The van der Waals surface area contributed by atoms with Gasteiger partial charge in [-0.05, 0) is 24.6 Å². The number of aryl methyl sites for hydroxylation is 2. The molecule has 0 aliphatic rings. The zero-order valence-electron chi connectivity index (χ0n) is 10.6. The van der Waals surface area contributed by atoms with E-state index in [4.69, 9.17) is 9.84 Å². The Hall–Kier alpha value is -2.23. The van der Waals surface area contributed by atoms with Gasteiger partial charge >= 0.3 is 5.97 Å². The van der Waals surface area contributed by atoms with Gasteiger partial charge in [0.05, 0.1) is 12.6 Å². The van der Waals surface area contributed by atoms with Crippen LogP contribution in [0.1, 0.15) is 11.3 Å². The molecule has 0 unspecified atom stereocenters. The molecule has 0 bridgehead atoms. The Bertz CT molecular complexity index is 638. The number of ether oxygens (including phenoxy) is 1. The number of hydrogen-bond acceptors (Lipinski definition) is 2. The zero-order chi connectivity index (χ0) is 13.3. The van der Waals surface area contributed by atoms with Crippen LogP contribution in [0.25, 0.3) is 17.0 Å². The first-order valence-corrected chi connectivity index (χ1v) is 5.59. The molecule has 0 aliphatic carbocycles. The summed E-state index contributed by atoms with van der Waals surface area (Å²) in [4.78, 5) is 10.6. The number of methoxy groups -OCH3 is 1. The van der Waals surface area contributed by atoms with Crippen molar-refractivity contribution < 1.29 is 14.6 Å². The summed E-state index contributed by atoms with van der Waals surface area (Å²) in [5, 5.41) is 9.78. The van der Waals surface area contributed by atoms with Crippen molar-refractivity contribution in [2.45, 2.75) is 6.92 Å². The molecule has 1 aromatic heterocycles. The predicted molar refractivity (Wildman–Crippen MR) is 70.9 cm³/mol. The molecule has 2 aromatic rings. The number of benzene rings is 1. The molecule has 0 spiro atoms. The van der Waals surface area contributed by atoms with Crippen LogP contribution in [0.3, 0.4) is 0 Å². The molecule has 0 saturated carbocycles. The second-order valence-electron chi connectivity index (χ2n) is 4.10. The van der Waals surface area contributed by atoms with E-state index >= 15 is 0 Å². The largest absolute Gasteiger partial charge is 0.495 e. The van der Waals surface area contributed by atoms with Gasteiger partial charge in [-0.25, -0.2) is 4.79 Å². The number of carbonyl (C=O) groups is 1. The number of carboxylic acids is 1. The minimum Gasteiger partial charge on any atom is -0.495 e. The van der Waals surface area contributed by atoms with Crippen LogP contribution in [0, 0.1) is 6.92 Å².